The Morgan fingerprint density at radius 2 is 2.00 bits per heavy atom. The average Bonchev–Trinajstić information content (AvgIpc) is 2.42. The summed E-state index contributed by atoms with van der Waals surface area (Å²) < 4.78 is 5.21. The van der Waals surface area contributed by atoms with E-state index in [-0.39, 0.29) is 17.0 Å². The molecule has 0 spiro atoms. The minimum absolute atomic E-state index is 0.0243. The molecule has 0 atom stereocenters. The van der Waals surface area contributed by atoms with Crippen LogP contribution >= 0.6 is 0 Å². The van der Waals surface area contributed by atoms with Crippen molar-refractivity contribution in [3.63, 3.8) is 0 Å². The van der Waals surface area contributed by atoms with Gasteiger partial charge in [-0.3, -0.25) is 4.79 Å². The number of nitrogens with one attached hydrogen (secondary N) is 1. The van der Waals surface area contributed by atoms with Gasteiger partial charge in [0.1, 0.15) is 0 Å². The molecule has 0 aromatic heterocycles. The van der Waals surface area contributed by atoms with Gasteiger partial charge in [0.25, 0.3) is 5.91 Å². The van der Waals surface area contributed by atoms with Crippen molar-refractivity contribution in [2.45, 2.75) is 19.4 Å². The van der Waals surface area contributed by atoms with E-state index in [4.69, 9.17) is 9.53 Å². The Morgan fingerprint density at radius 3 is 2.63 bits per heavy atom. The molecule has 2 N–H and O–H groups in total. The molecular weight excluding hydrogens is 262 g/mol. The van der Waals surface area contributed by atoms with E-state index in [1.54, 1.807) is 12.1 Å². The van der Waals surface area contributed by atoms with Crippen molar-refractivity contribution in [1.29, 1.82) is 0 Å². The average molecular weight is 279 g/mol. The summed E-state index contributed by atoms with van der Waals surface area (Å²) in [6.07, 6.45) is 0.819. The van der Waals surface area contributed by atoms with Crippen molar-refractivity contribution in [1.82, 2.24) is 5.32 Å². The van der Waals surface area contributed by atoms with Gasteiger partial charge in [0.2, 0.25) is 9.76 Å². The molecule has 102 valence electrons. The molecule has 0 saturated heterocycles. The summed E-state index contributed by atoms with van der Waals surface area (Å²) in [5.74, 6) is -1.44. The first kappa shape index (κ1) is 15.4. The fourth-order valence-electron chi connectivity index (χ4n) is 1.50. The van der Waals surface area contributed by atoms with Gasteiger partial charge < -0.3 is 14.8 Å². The van der Waals surface area contributed by atoms with Crippen LogP contribution in [0.5, 0.6) is 0 Å². The zero-order valence-corrected chi connectivity index (χ0v) is 11.8. The minimum Gasteiger partial charge on any atom is -0.478 e. The van der Waals surface area contributed by atoms with Crippen LogP contribution in [0.2, 0.25) is 6.04 Å². The Kier molecular flexibility index (Phi) is 6.84. The van der Waals surface area contributed by atoms with Gasteiger partial charge in [-0.25, -0.2) is 4.79 Å². The normalized spacial score (nSPS) is 10.2. The van der Waals surface area contributed by atoms with Gasteiger partial charge in [-0.1, -0.05) is 12.1 Å². The fourth-order valence-corrected chi connectivity index (χ4v) is 2.17. The SMILES string of the molecule is CCO[Si]CCCNC(=O)c1ccccc1C(=O)O. The standard InChI is InChI=1S/C13H17NO4Si/c1-2-18-19-9-5-8-14-12(15)10-6-3-4-7-11(10)13(16)17/h3-4,6-7H,2,5,8-9H2,1H3,(H,14,15)(H,16,17). The smallest absolute Gasteiger partial charge is 0.336 e. The summed E-state index contributed by atoms with van der Waals surface area (Å²) in [5, 5.41) is 11.7. The molecule has 0 heterocycles. The highest BCUT2D eigenvalue weighted by Crippen LogP contribution is 2.08. The number of amides is 1. The molecule has 1 aromatic carbocycles. The van der Waals surface area contributed by atoms with Crippen LogP contribution in [0.15, 0.2) is 24.3 Å². The van der Waals surface area contributed by atoms with E-state index in [1.165, 1.54) is 12.1 Å². The highest BCUT2D eigenvalue weighted by Gasteiger charge is 2.14. The number of carboxylic acids is 1. The van der Waals surface area contributed by atoms with Crippen molar-refractivity contribution in [2.24, 2.45) is 0 Å². The fraction of sp³-hybridized carbons (Fsp3) is 0.385. The summed E-state index contributed by atoms with van der Waals surface area (Å²) in [7, 11) is 0.450. The first-order valence-corrected chi connectivity index (χ1v) is 7.23. The Balaban J connectivity index is 2.43. The van der Waals surface area contributed by atoms with Crippen molar-refractivity contribution in [3.8, 4) is 0 Å². The van der Waals surface area contributed by atoms with Gasteiger partial charge in [-0.15, -0.1) is 0 Å². The number of carbonyl (C=O) groups is 2. The summed E-state index contributed by atoms with van der Waals surface area (Å²) in [4.78, 5) is 22.8. The third-order valence-electron chi connectivity index (χ3n) is 2.39. The van der Waals surface area contributed by atoms with Crippen LogP contribution in [0.25, 0.3) is 0 Å². The van der Waals surface area contributed by atoms with Crippen LogP contribution in [-0.4, -0.2) is 39.9 Å². The number of aromatic carboxylic acids is 1. The molecule has 0 saturated carbocycles. The Morgan fingerprint density at radius 1 is 1.32 bits per heavy atom. The number of rotatable bonds is 8. The summed E-state index contributed by atoms with van der Waals surface area (Å²) in [6.45, 7) is 3.17. The predicted octanol–water partition coefficient (Wildman–Crippen LogP) is 1.58. The number of carboxylic acid groups (broad SMARTS) is 1. The Bertz CT molecular complexity index is 436. The molecule has 6 heteroatoms. The molecule has 0 bridgehead atoms. The summed E-state index contributed by atoms with van der Waals surface area (Å²) >= 11 is 0. The number of hydrogen-bond donors (Lipinski definition) is 2. The first-order valence-electron chi connectivity index (χ1n) is 6.12. The molecule has 0 aliphatic heterocycles. The van der Waals surface area contributed by atoms with Crippen molar-refractivity contribution in [3.05, 3.63) is 35.4 Å². The maximum Gasteiger partial charge on any atom is 0.336 e. The van der Waals surface area contributed by atoms with Crippen LogP contribution in [0.4, 0.5) is 0 Å². The van der Waals surface area contributed by atoms with Crippen LogP contribution in [0, 0.1) is 0 Å². The lowest BCUT2D eigenvalue weighted by Gasteiger charge is -2.07. The lowest BCUT2D eigenvalue weighted by Crippen LogP contribution is -2.26. The van der Waals surface area contributed by atoms with Crippen molar-refractivity contribution in [2.75, 3.05) is 13.2 Å². The molecule has 19 heavy (non-hydrogen) atoms. The van der Waals surface area contributed by atoms with E-state index in [1.807, 2.05) is 6.92 Å². The van der Waals surface area contributed by atoms with E-state index in [0.29, 0.717) is 22.9 Å². The van der Waals surface area contributed by atoms with Crippen LogP contribution in [-0.2, 0) is 4.43 Å². The second-order valence-electron chi connectivity index (χ2n) is 3.79. The maximum absolute atomic E-state index is 11.9. The highest BCUT2D eigenvalue weighted by atomic mass is 28.2. The van der Waals surface area contributed by atoms with Gasteiger partial charge in [-0.05, 0) is 31.5 Å². The first-order chi connectivity index (χ1) is 9.16. The molecule has 5 nitrogen and oxygen atoms in total. The summed E-state index contributed by atoms with van der Waals surface area (Å²) in [5.41, 5.74) is 0.221. The van der Waals surface area contributed by atoms with Crippen LogP contribution in [0.1, 0.15) is 34.1 Å². The minimum atomic E-state index is -1.09. The second kappa shape index (κ2) is 8.44. The predicted molar refractivity (Wildman–Crippen MR) is 72.5 cm³/mol. The Labute approximate surface area is 114 Å². The van der Waals surface area contributed by atoms with Crippen molar-refractivity contribution >= 4 is 21.6 Å². The van der Waals surface area contributed by atoms with E-state index >= 15 is 0 Å². The van der Waals surface area contributed by atoms with Crippen molar-refractivity contribution < 1.29 is 19.1 Å². The molecule has 1 aromatic rings. The third kappa shape index (κ3) is 5.23. The zero-order valence-electron chi connectivity index (χ0n) is 10.8. The molecule has 0 aliphatic carbocycles. The quantitative estimate of drug-likeness (QED) is 0.559. The molecule has 0 unspecified atom stereocenters. The lowest BCUT2D eigenvalue weighted by atomic mass is 10.1. The highest BCUT2D eigenvalue weighted by molar-refractivity contribution is 6.26. The van der Waals surface area contributed by atoms with Crippen LogP contribution in [0.3, 0.4) is 0 Å². The van der Waals surface area contributed by atoms with E-state index < -0.39 is 5.97 Å². The molecular formula is C13H17NO4Si. The maximum atomic E-state index is 11.9. The molecule has 1 amide bonds. The number of carbonyl (C=O) groups excluding carboxylic acids is 1. The number of hydrogen-bond acceptors (Lipinski definition) is 3. The van der Waals surface area contributed by atoms with Crippen LogP contribution < -0.4 is 5.32 Å². The molecule has 0 aliphatic rings. The topological polar surface area (TPSA) is 75.6 Å². The summed E-state index contributed by atoms with van der Waals surface area (Å²) in [6, 6.07) is 7.09. The molecule has 2 radical (unpaired) electrons. The molecule has 1 rings (SSSR count). The van der Waals surface area contributed by atoms with Gasteiger partial charge in [0.15, 0.2) is 0 Å². The lowest BCUT2D eigenvalue weighted by molar-refractivity contribution is 0.0691. The molecule has 0 fully saturated rings. The van der Waals surface area contributed by atoms with Gasteiger partial charge in [0.05, 0.1) is 11.1 Å². The monoisotopic (exact) mass is 279 g/mol. The van der Waals surface area contributed by atoms with E-state index in [2.05, 4.69) is 5.32 Å². The van der Waals surface area contributed by atoms with Gasteiger partial charge >= 0.3 is 5.97 Å². The zero-order chi connectivity index (χ0) is 14.1. The Hall–Kier alpha value is -1.66. The van der Waals surface area contributed by atoms with Gasteiger partial charge in [-0.2, -0.15) is 0 Å². The van der Waals surface area contributed by atoms with E-state index in [0.717, 1.165) is 12.5 Å². The largest absolute Gasteiger partial charge is 0.478 e. The third-order valence-corrected chi connectivity index (χ3v) is 3.44. The number of benzene rings is 1. The second-order valence-corrected chi connectivity index (χ2v) is 4.86. The van der Waals surface area contributed by atoms with E-state index in [9.17, 15) is 9.59 Å². The van der Waals surface area contributed by atoms with Gasteiger partial charge in [0, 0.05) is 13.2 Å².